The molecule has 7 heteroatoms. The Hall–Kier alpha value is -1.44. The van der Waals surface area contributed by atoms with E-state index >= 15 is 0 Å². The van der Waals surface area contributed by atoms with Crippen LogP contribution in [0.1, 0.15) is 41.5 Å². The Bertz CT molecular complexity index is 566. The van der Waals surface area contributed by atoms with Gasteiger partial charge in [0, 0.05) is 50.0 Å². The second kappa shape index (κ2) is 8.09. The molecule has 2 aliphatic rings. The van der Waals surface area contributed by atoms with Gasteiger partial charge in [0.05, 0.1) is 13.2 Å². The maximum atomic E-state index is 11.5. The summed E-state index contributed by atoms with van der Waals surface area (Å²) in [5, 5.41) is 17.4. The fraction of sp³-hybridized carbons (Fsp3) is 0.765. The second-order valence-corrected chi connectivity index (χ2v) is 6.65. The molecule has 0 bridgehead atoms. The summed E-state index contributed by atoms with van der Waals surface area (Å²) in [7, 11) is 0. The van der Waals surface area contributed by atoms with Crippen molar-refractivity contribution in [3.05, 3.63) is 17.0 Å². The van der Waals surface area contributed by atoms with Gasteiger partial charge in [-0.3, -0.25) is 9.58 Å². The summed E-state index contributed by atoms with van der Waals surface area (Å²) in [6, 6.07) is 0.343. The molecule has 1 aliphatic heterocycles. The number of carbonyl (C=O) groups is 1. The van der Waals surface area contributed by atoms with Crippen LogP contribution in [0.5, 0.6) is 0 Å². The first-order valence-electron chi connectivity index (χ1n) is 9.04. The van der Waals surface area contributed by atoms with Crippen LogP contribution in [0.3, 0.4) is 0 Å². The predicted octanol–water partition coefficient (Wildman–Crippen LogP) is 0.770. The first-order chi connectivity index (χ1) is 11.7. The van der Waals surface area contributed by atoms with Gasteiger partial charge in [0.2, 0.25) is 0 Å². The van der Waals surface area contributed by atoms with E-state index in [-0.39, 0.29) is 5.69 Å². The number of aryl methyl sites for hydroxylation is 1. The lowest BCUT2D eigenvalue weighted by Crippen LogP contribution is -2.43. The van der Waals surface area contributed by atoms with Crippen molar-refractivity contribution < 1.29 is 14.6 Å². The van der Waals surface area contributed by atoms with Gasteiger partial charge >= 0.3 is 5.97 Å². The Morgan fingerprint density at radius 2 is 2.17 bits per heavy atom. The molecule has 1 saturated heterocycles. The number of aromatic nitrogens is 2. The minimum absolute atomic E-state index is 0.248. The Kier molecular flexibility index (Phi) is 5.86. The van der Waals surface area contributed by atoms with Crippen LogP contribution in [-0.4, -0.2) is 71.2 Å². The molecule has 0 unspecified atom stereocenters. The van der Waals surface area contributed by atoms with Crippen molar-refractivity contribution in [3.63, 3.8) is 0 Å². The highest BCUT2D eigenvalue weighted by molar-refractivity contribution is 5.87. The van der Waals surface area contributed by atoms with Crippen molar-refractivity contribution in [1.82, 2.24) is 20.0 Å². The summed E-state index contributed by atoms with van der Waals surface area (Å²) >= 11 is 0. The molecule has 24 heavy (non-hydrogen) atoms. The van der Waals surface area contributed by atoms with E-state index < -0.39 is 5.97 Å². The topological polar surface area (TPSA) is 79.6 Å². The number of aromatic carboxylic acids is 1. The molecule has 2 N–H and O–H groups in total. The molecule has 1 aromatic rings. The van der Waals surface area contributed by atoms with E-state index in [0.717, 1.165) is 82.9 Å². The highest BCUT2D eigenvalue weighted by Crippen LogP contribution is 2.25. The van der Waals surface area contributed by atoms with Crippen molar-refractivity contribution in [3.8, 4) is 0 Å². The zero-order valence-corrected chi connectivity index (χ0v) is 14.5. The van der Waals surface area contributed by atoms with Gasteiger partial charge in [0.15, 0.2) is 5.69 Å². The fourth-order valence-electron chi connectivity index (χ4n) is 3.68. The normalized spacial score (nSPS) is 21.6. The van der Waals surface area contributed by atoms with Gasteiger partial charge in [-0.15, -0.1) is 0 Å². The Morgan fingerprint density at radius 3 is 2.88 bits per heavy atom. The van der Waals surface area contributed by atoms with Crippen molar-refractivity contribution >= 4 is 5.97 Å². The van der Waals surface area contributed by atoms with Gasteiger partial charge in [-0.25, -0.2) is 4.79 Å². The van der Waals surface area contributed by atoms with Gasteiger partial charge in [-0.05, 0) is 25.7 Å². The van der Waals surface area contributed by atoms with Gasteiger partial charge < -0.3 is 15.2 Å². The highest BCUT2D eigenvalue weighted by atomic mass is 16.5. The molecule has 0 amide bonds. The minimum Gasteiger partial charge on any atom is -0.476 e. The molecular weight excluding hydrogens is 308 g/mol. The summed E-state index contributed by atoms with van der Waals surface area (Å²) in [6.45, 7) is 8.50. The van der Waals surface area contributed by atoms with E-state index in [2.05, 4.69) is 22.2 Å². The third kappa shape index (κ3) is 3.96. The molecular formula is C17H28N4O3. The van der Waals surface area contributed by atoms with Crippen molar-refractivity contribution in [2.75, 3.05) is 39.4 Å². The average Bonchev–Trinajstić information content (AvgIpc) is 2.95. The number of fused-ring (bicyclic) bond motifs is 1. The molecule has 1 aromatic heterocycles. The minimum atomic E-state index is -0.907. The van der Waals surface area contributed by atoms with Gasteiger partial charge in [-0.2, -0.15) is 5.10 Å². The lowest BCUT2D eigenvalue weighted by atomic mass is 9.91. The van der Waals surface area contributed by atoms with E-state index in [0.29, 0.717) is 6.04 Å². The van der Waals surface area contributed by atoms with Crippen LogP contribution in [0.4, 0.5) is 0 Å². The van der Waals surface area contributed by atoms with Crippen LogP contribution in [0.25, 0.3) is 0 Å². The lowest BCUT2D eigenvalue weighted by Gasteiger charge is -2.29. The molecule has 3 rings (SSSR count). The second-order valence-electron chi connectivity index (χ2n) is 6.65. The molecule has 0 spiro atoms. The number of carboxylic acid groups (broad SMARTS) is 1. The molecule has 1 fully saturated rings. The maximum Gasteiger partial charge on any atom is 0.356 e. The quantitative estimate of drug-likeness (QED) is 0.766. The van der Waals surface area contributed by atoms with Crippen LogP contribution >= 0.6 is 0 Å². The molecule has 0 radical (unpaired) electrons. The number of hydrogen-bond donors (Lipinski definition) is 2. The monoisotopic (exact) mass is 336 g/mol. The summed E-state index contributed by atoms with van der Waals surface area (Å²) in [5.41, 5.74) is 2.31. The fourth-order valence-corrected chi connectivity index (χ4v) is 3.68. The maximum absolute atomic E-state index is 11.5. The smallest absolute Gasteiger partial charge is 0.356 e. The summed E-state index contributed by atoms with van der Waals surface area (Å²) < 4.78 is 7.27. The van der Waals surface area contributed by atoms with Gasteiger partial charge in [0.25, 0.3) is 0 Å². The molecule has 2 heterocycles. The summed E-state index contributed by atoms with van der Waals surface area (Å²) in [6.07, 6.45) is 3.69. The number of ether oxygens (including phenoxy) is 1. The number of carboxylic acids is 1. The van der Waals surface area contributed by atoms with Crippen LogP contribution < -0.4 is 5.32 Å². The number of morpholine rings is 1. The van der Waals surface area contributed by atoms with Crippen LogP contribution in [0, 0.1) is 0 Å². The summed E-state index contributed by atoms with van der Waals surface area (Å²) in [5.74, 6) is -0.907. The zero-order valence-electron chi connectivity index (χ0n) is 14.5. The predicted molar refractivity (Wildman–Crippen MR) is 90.6 cm³/mol. The van der Waals surface area contributed by atoms with E-state index in [1.807, 2.05) is 4.68 Å². The number of nitrogens with zero attached hydrogens (tertiary/aromatic N) is 3. The third-order valence-corrected chi connectivity index (χ3v) is 4.95. The molecule has 1 aliphatic carbocycles. The number of rotatable bonds is 7. The SMILES string of the molecule is CCCn1nc(C(=O)O)c2c1CC[C@@H](NCCN1CCOCC1)C2. The van der Waals surface area contributed by atoms with E-state index in [9.17, 15) is 9.90 Å². The average molecular weight is 336 g/mol. The van der Waals surface area contributed by atoms with Crippen molar-refractivity contribution in [1.29, 1.82) is 0 Å². The third-order valence-electron chi connectivity index (χ3n) is 4.95. The van der Waals surface area contributed by atoms with Gasteiger partial charge in [0.1, 0.15) is 0 Å². The summed E-state index contributed by atoms with van der Waals surface area (Å²) in [4.78, 5) is 13.9. The molecule has 0 aromatic carbocycles. The first kappa shape index (κ1) is 17.4. The number of nitrogens with one attached hydrogen (secondary N) is 1. The number of hydrogen-bond acceptors (Lipinski definition) is 5. The molecule has 1 atom stereocenters. The van der Waals surface area contributed by atoms with Crippen molar-refractivity contribution in [2.24, 2.45) is 0 Å². The van der Waals surface area contributed by atoms with E-state index in [1.165, 1.54) is 0 Å². The highest BCUT2D eigenvalue weighted by Gasteiger charge is 2.28. The zero-order chi connectivity index (χ0) is 16.9. The van der Waals surface area contributed by atoms with Crippen LogP contribution in [-0.2, 0) is 24.1 Å². The van der Waals surface area contributed by atoms with Crippen molar-refractivity contribution in [2.45, 2.75) is 45.2 Å². The lowest BCUT2D eigenvalue weighted by molar-refractivity contribution is 0.0381. The standard InChI is InChI=1S/C17H28N4O3/c1-2-6-21-15-4-3-13(12-14(15)16(19-21)17(22)23)18-5-7-20-8-10-24-11-9-20/h13,18H,2-12H2,1H3,(H,22,23)/t13-/m1/s1. The largest absolute Gasteiger partial charge is 0.476 e. The Balaban J connectivity index is 1.57. The molecule has 134 valence electrons. The van der Waals surface area contributed by atoms with Crippen LogP contribution in [0.15, 0.2) is 0 Å². The molecule has 0 saturated carbocycles. The Labute approximate surface area is 143 Å². The van der Waals surface area contributed by atoms with E-state index in [4.69, 9.17) is 4.74 Å². The Morgan fingerprint density at radius 1 is 1.38 bits per heavy atom. The van der Waals surface area contributed by atoms with Gasteiger partial charge in [-0.1, -0.05) is 6.92 Å². The van der Waals surface area contributed by atoms with Crippen LogP contribution in [0.2, 0.25) is 0 Å². The molecule has 7 nitrogen and oxygen atoms in total. The van der Waals surface area contributed by atoms with E-state index in [1.54, 1.807) is 0 Å². The first-order valence-corrected chi connectivity index (χ1v) is 9.04.